The molecule has 17 nitrogen and oxygen atoms in total. The molecule has 0 radical (unpaired) electrons. The molecule has 2 N–H and O–H groups in total. The van der Waals surface area contributed by atoms with Gasteiger partial charge in [0.2, 0.25) is 5.91 Å². The van der Waals surface area contributed by atoms with Crippen LogP contribution >= 0.6 is 7.82 Å². The number of amides is 4. The maximum absolute atomic E-state index is 12.8. The third-order valence-electron chi connectivity index (χ3n) is 12.2. The molecule has 0 aromatic rings. The second kappa shape index (κ2) is 51.7. The number of hydrogen-bond acceptors (Lipinski definition) is 14. The van der Waals surface area contributed by atoms with Crippen molar-refractivity contribution in [3.8, 4) is 0 Å². The molecule has 1 rings (SSSR count). The third kappa shape index (κ3) is 46.6. The number of alkyl carbamates (subject to hydrolysis) is 1. The van der Waals surface area contributed by atoms with Gasteiger partial charge < -0.3 is 43.5 Å². The predicted molar refractivity (Wildman–Crippen MR) is 280 cm³/mol. The molecule has 1 heterocycles. The Bertz CT molecular complexity index is 1470. The van der Waals surface area contributed by atoms with E-state index in [4.69, 9.17) is 28.0 Å². The summed E-state index contributed by atoms with van der Waals surface area (Å²) in [5.74, 6) is -2.27. The molecule has 0 fully saturated rings. The predicted octanol–water partition coefficient (Wildman–Crippen LogP) is 8.28. The van der Waals surface area contributed by atoms with Gasteiger partial charge in [-0.2, -0.15) is 0 Å². The molecule has 0 bridgehead atoms. The number of esters is 2. The molecule has 0 aliphatic carbocycles. The SMILES string of the molecule is C.CCCCCCCCCCCCCCCCCC(=O)OCC(COP(=O)([O-])OCCNC(=O)OCCOCCNC(=O)CCN1C(=O)C=CC1=O)OC(=O)CCCCCCCCCCCCCCCCC.[Na+]. The molecule has 0 aromatic heterocycles. The van der Waals surface area contributed by atoms with Gasteiger partial charge in [0.15, 0.2) is 6.10 Å². The van der Waals surface area contributed by atoms with Crippen molar-refractivity contribution < 1.29 is 95.8 Å². The van der Waals surface area contributed by atoms with E-state index in [1.807, 2.05) is 0 Å². The van der Waals surface area contributed by atoms with Crippen molar-refractivity contribution in [2.75, 3.05) is 59.3 Å². The molecule has 4 amide bonds. The van der Waals surface area contributed by atoms with Crippen LogP contribution in [0.1, 0.15) is 233 Å². The van der Waals surface area contributed by atoms with E-state index in [1.165, 1.54) is 141 Å². The van der Waals surface area contributed by atoms with Crippen molar-refractivity contribution in [2.24, 2.45) is 0 Å². The molecule has 420 valence electrons. The molecule has 0 saturated heterocycles. The Morgan fingerprint density at radius 1 is 0.534 bits per heavy atom. The first-order chi connectivity index (χ1) is 34.5. The van der Waals surface area contributed by atoms with E-state index < -0.39 is 57.0 Å². The fourth-order valence-corrected chi connectivity index (χ4v) is 8.72. The molecule has 0 spiro atoms. The number of imide groups is 1. The zero-order chi connectivity index (χ0) is 51.9. The Morgan fingerprint density at radius 2 is 0.959 bits per heavy atom. The van der Waals surface area contributed by atoms with Gasteiger partial charge in [-0.1, -0.05) is 201 Å². The van der Waals surface area contributed by atoms with Crippen LogP contribution in [-0.2, 0) is 56.5 Å². The van der Waals surface area contributed by atoms with Crippen molar-refractivity contribution in [3.63, 3.8) is 0 Å². The van der Waals surface area contributed by atoms with Gasteiger partial charge >= 0.3 is 47.6 Å². The second-order valence-corrected chi connectivity index (χ2v) is 20.1. The van der Waals surface area contributed by atoms with Gasteiger partial charge in [-0.05, 0) is 12.8 Å². The summed E-state index contributed by atoms with van der Waals surface area (Å²) >= 11 is 0. The maximum atomic E-state index is 12.8. The van der Waals surface area contributed by atoms with E-state index in [2.05, 4.69) is 24.5 Å². The Balaban J connectivity index is 0. The van der Waals surface area contributed by atoms with Gasteiger partial charge in [0.05, 0.1) is 26.4 Å². The largest absolute Gasteiger partial charge is 1.00 e. The number of rotatable bonds is 51. The fourth-order valence-electron chi connectivity index (χ4n) is 7.98. The average molecular weight is 1070 g/mol. The van der Waals surface area contributed by atoms with E-state index in [0.717, 1.165) is 55.6 Å². The van der Waals surface area contributed by atoms with Crippen LogP contribution < -0.4 is 45.1 Å². The number of carbonyl (C=O) groups excluding carboxylic acids is 6. The van der Waals surface area contributed by atoms with Crippen LogP contribution in [-0.4, -0.2) is 106 Å². The first-order valence-corrected chi connectivity index (χ1v) is 29.2. The molecule has 1 aliphatic rings. The minimum atomic E-state index is -4.92. The van der Waals surface area contributed by atoms with Crippen LogP contribution in [0.2, 0.25) is 0 Å². The molecular formula is C54H99N3NaO14P. The first-order valence-electron chi connectivity index (χ1n) is 27.7. The third-order valence-corrected chi connectivity index (χ3v) is 13.2. The Kier molecular flexibility index (Phi) is 51.5. The van der Waals surface area contributed by atoms with E-state index >= 15 is 0 Å². The molecular weight excluding hydrogens is 969 g/mol. The topological polar surface area (TPSA) is 225 Å². The fraction of sp³-hybridized carbons (Fsp3) is 0.852. The van der Waals surface area contributed by atoms with Crippen molar-refractivity contribution >= 4 is 43.6 Å². The smallest absolute Gasteiger partial charge is 0.756 e. The van der Waals surface area contributed by atoms with Crippen LogP contribution in [0.15, 0.2) is 12.2 Å². The molecule has 2 atom stereocenters. The summed E-state index contributed by atoms with van der Waals surface area (Å²) in [5.41, 5.74) is 0. The molecule has 73 heavy (non-hydrogen) atoms. The van der Waals surface area contributed by atoms with Gasteiger partial charge in [-0.15, -0.1) is 0 Å². The van der Waals surface area contributed by atoms with E-state index in [1.54, 1.807) is 0 Å². The zero-order valence-electron chi connectivity index (χ0n) is 45.0. The van der Waals surface area contributed by atoms with Crippen molar-refractivity contribution in [3.05, 3.63) is 12.2 Å². The monoisotopic (exact) mass is 1070 g/mol. The van der Waals surface area contributed by atoms with Gasteiger partial charge in [0, 0.05) is 51.0 Å². The van der Waals surface area contributed by atoms with E-state index in [-0.39, 0.29) is 108 Å². The summed E-state index contributed by atoms with van der Waals surface area (Å²) in [7, 11) is -4.92. The Hall–Kier alpha value is -2.37. The summed E-state index contributed by atoms with van der Waals surface area (Å²) in [6.45, 7) is 2.95. The van der Waals surface area contributed by atoms with Gasteiger partial charge in [-0.25, -0.2) is 4.79 Å². The van der Waals surface area contributed by atoms with Crippen molar-refractivity contribution in [2.45, 2.75) is 239 Å². The Labute approximate surface area is 463 Å². The minimum absolute atomic E-state index is 0. The summed E-state index contributed by atoms with van der Waals surface area (Å²) in [5, 5.41) is 4.94. The van der Waals surface area contributed by atoms with Gasteiger partial charge in [0.1, 0.15) is 13.2 Å². The maximum Gasteiger partial charge on any atom is 1.00 e. The number of hydrogen-bond donors (Lipinski definition) is 2. The first kappa shape index (κ1) is 72.7. The average Bonchev–Trinajstić information content (AvgIpc) is 3.67. The van der Waals surface area contributed by atoms with Crippen molar-refractivity contribution in [1.82, 2.24) is 15.5 Å². The summed E-state index contributed by atoms with van der Waals surface area (Å²) in [4.78, 5) is 86.0. The minimum Gasteiger partial charge on any atom is -0.756 e. The number of phosphoric ester groups is 1. The normalized spacial score (nSPS) is 13.2. The molecule has 0 saturated carbocycles. The standard InChI is InChI=1S/C53H96N3O14P.CH4.Na/c1-3-5-7-9-11-13-15-17-19-21-23-25-27-29-31-33-51(60)67-45-47(70-52(61)34-32-30-28-26-24-22-20-18-16-14-12-10-8-6-4-2)46-69-71(63,64)68-42-39-55-53(62)66-44-43-65-41-38-54-48(57)37-40-56-49(58)35-36-50(56)59;;/h35-36,47H,3-34,37-46H2,1-2H3,(H,54,57)(H,55,62)(H,63,64);1H4;/q;;+1/p-1. The number of nitrogens with one attached hydrogen (secondary N) is 2. The zero-order valence-corrected chi connectivity index (χ0v) is 47.9. The molecule has 19 heteroatoms. The summed E-state index contributed by atoms with van der Waals surface area (Å²) in [6, 6.07) is 0. The second-order valence-electron chi connectivity index (χ2n) is 18.7. The molecule has 2 unspecified atom stereocenters. The number of carbonyl (C=O) groups is 6. The Morgan fingerprint density at radius 3 is 1.42 bits per heavy atom. The number of ether oxygens (including phenoxy) is 4. The van der Waals surface area contributed by atoms with Crippen molar-refractivity contribution in [1.29, 1.82) is 0 Å². The summed E-state index contributed by atoms with van der Waals surface area (Å²) < 4.78 is 43.7. The molecule has 0 aromatic carbocycles. The van der Waals surface area contributed by atoms with E-state index in [0.29, 0.717) is 12.8 Å². The van der Waals surface area contributed by atoms with Crippen LogP contribution in [0.4, 0.5) is 4.79 Å². The van der Waals surface area contributed by atoms with E-state index in [9.17, 15) is 38.2 Å². The van der Waals surface area contributed by atoms with Gasteiger partial charge in [-0.3, -0.25) is 33.4 Å². The van der Waals surface area contributed by atoms with Crippen LogP contribution in [0, 0.1) is 0 Å². The quantitative estimate of drug-likeness (QED) is 0.0146. The number of phosphoric acid groups is 1. The number of unbranched alkanes of at least 4 members (excludes halogenated alkanes) is 28. The number of nitrogens with zero attached hydrogens (tertiary/aromatic N) is 1. The molecule has 1 aliphatic heterocycles. The van der Waals surface area contributed by atoms with Crippen LogP contribution in [0.25, 0.3) is 0 Å². The summed E-state index contributed by atoms with van der Waals surface area (Å²) in [6.07, 6.45) is 36.7. The van der Waals surface area contributed by atoms with Crippen LogP contribution in [0.3, 0.4) is 0 Å². The van der Waals surface area contributed by atoms with Crippen LogP contribution in [0.5, 0.6) is 0 Å². The van der Waals surface area contributed by atoms with Gasteiger partial charge in [0.25, 0.3) is 19.6 Å².